The van der Waals surface area contributed by atoms with Crippen molar-refractivity contribution < 1.29 is 9.90 Å². The molecule has 128 valence electrons. The molecule has 0 saturated heterocycles. The van der Waals surface area contributed by atoms with Gasteiger partial charge in [0.25, 0.3) is 0 Å². The largest absolute Gasteiger partial charge is 0.481 e. The van der Waals surface area contributed by atoms with E-state index in [1.54, 1.807) is 0 Å². The van der Waals surface area contributed by atoms with E-state index in [2.05, 4.69) is 38.2 Å². The third kappa shape index (κ3) is 2.68. The zero-order valence-electron chi connectivity index (χ0n) is 14.2. The summed E-state index contributed by atoms with van der Waals surface area (Å²) in [5.74, 6) is -0.331. The van der Waals surface area contributed by atoms with E-state index in [4.69, 9.17) is 0 Å². The lowest BCUT2D eigenvalue weighted by atomic mass is 9.35. The van der Waals surface area contributed by atoms with Gasteiger partial charge in [0.2, 0.25) is 0 Å². The molecule has 0 heterocycles. The summed E-state index contributed by atoms with van der Waals surface area (Å²) < 4.78 is 0. The fraction of sp³-hybridized carbons (Fsp3) is 0.632. The van der Waals surface area contributed by atoms with Gasteiger partial charge in [0.1, 0.15) is 0 Å². The van der Waals surface area contributed by atoms with Gasteiger partial charge in [-0.15, -0.1) is 12.4 Å². The molecule has 4 atom stereocenters. The summed E-state index contributed by atoms with van der Waals surface area (Å²) in [6, 6.07) is 10.3. The van der Waals surface area contributed by atoms with Gasteiger partial charge in [-0.1, -0.05) is 51.1 Å². The molecule has 3 fully saturated rings. The van der Waals surface area contributed by atoms with Crippen molar-refractivity contribution in [3.63, 3.8) is 0 Å². The van der Waals surface area contributed by atoms with Crippen molar-refractivity contribution in [2.45, 2.75) is 52.6 Å². The number of nitrogens with one attached hydrogen (secondary N) is 1. The van der Waals surface area contributed by atoms with Crippen LogP contribution in [0.5, 0.6) is 0 Å². The van der Waals surface area contributed by atoms with Crippen LogP contribution in [-0.4, -0.2) is 17.1 Å². The Morgan fingerprint density at radius 1 is 1.30 bits per heavy atom. The number of rotatable bonds is 5. The topological polar surface area (TPSA) is 49.3 Å². The predicted octanol–water partition coefficient (Wildman–Crippen LogP) is 4.11. The molecule has 3 aliphatic rings. The summed E-state index contributed by atoms with van der Waals surface area (Å²) in [6.07, 6.45) is 3.04. The summed E-state index contributed by atoms with van der Waals surface area (Å²) in [7, 11) is 0. The van der Waals surface area contributed by atoms with Crippen LogP contribution in [-0.2, 0) is 11.3 Å². The molecule has 2 bridgehead atoms. The molecular weight excluding hydrogens is 310 g/mol. The van der Waals surface area contributed by atoms with Crippen molar-refractivity contribution in [1.29, 1.82) is 0 Å². The van der Waals surface area contributed by atoms with Crippen molar-refractivity contribution in [2.24, 2.45) is 22.7 Å². The first-order chi connectivity index (χ1) is 10.4. The smallest absolute Gasteiger partial charge is 0.308 e. The van der Waals surface area contributed by atoms with Crippen LogP contribution in [0.1, 0.15) is 45.6 Å². The zero-order valence-corrected chi connectivity index (χ0v) is 15.0. The minimum Gasteiger partial charge on any atom is -0.481 e. The SMILES string of the molecule is CC[C@]12C[C@@H](C[C@@H](C(=O)O)[C@H]1NCc1ccccc1)C2(C)C.Cl. The van der Waals surface area contributed by atoms with Crippen LogP contribution >= 0.6 is 12.4 Å². The highest BCUT2D eigenvalue weighted by molar-refractivity contribution is 5.85. The Morgan fingerprint density at radius 2 is 1.96 bits per heavy atom. The first-order valence-electron chi connectivity index (χ1n) is 8.42. The Morgan fingerprint density at radius 3 is 2.48 bits per heavy atom. The van der Waals surface area contributed by atoms with Crippen LogP contribution in [0.2, 0.25) is 0 Å². The summed E-state index contributed by atoms with van der Waals surface area (Å²) in [5.41, 5.74) is 1.58. The highest BCUT2D eigenvalue weighted by atomic mass is 35.5. The predicted molar refractivity (Wildman–Crippen MR) is 94.7 cm³/mol. The maximum atomic E-state index is 11.8. The Hall–Kier alpha value is -1.06. The van der Waals surface area contributed by atoms with Crippen molar-refractivity contribution in [3.05, 3.63) is 35.9 Å². The number of hydrogen-bond acceptors (Lipinski definition) is 2. The van der Waals surface area contributed by atoms with E-state index in [1.807, 2.05) is 18.2 Å². The summed E-state index contributed by atoms with van der Waals surface area (Å²) >= 11 is 0. The molecule has 1 aromatic rings. The molecule has 0 aromatic heterocycles. The average Bonchev–Trinajstić information content (AvgIpc) is 2.52. The van der Waals surface area contributed by atoms with E-state index in [9.17, 15) is 9.90 Å². The molecule has 3 saturated carbocycles. The minimum atomic E-state index is -0.636. The zero-order chi connectivity index (χ0) is 16.0. The first kappa shape index (κ1) is 18.3. The summed E-state index contributed by atoms with van der Waals surface area (Å²) in [4.78, 5) is 11.8. The molecule has 0 spiro atoms. The molecule has 23 heavy (non-hydrogen) atoms. The number of hydrogen-bond donors (Lipinski definition) is 2. The molecule has 0 radical (unpaired) electrons. The molecule has 4 rings (SSSR count). The van der Waals surface area contributed by atoms with Crippen molar-refractivity contribution in [2.75, 3.05) is 0 Å². The molecule has 3 nitrogen and oxygen atoms in total. The number of carbonyl (C=O) groups is 1. The second-order valence-corrected chi connectivity index (χ2v) is 7.66. The van der Waals surface area contributed by atoms with Crippen LogP contribution in [0, 0.1) is 22.7 Å². The number of benzene rings is 1. The van der Waals surface area contributed by atoms with E-state index >= 15 is 0 Å². The molecule has 2 N–H and O–H groups in total. The molecule has 0 unspecified atom stereocenters. The Bertz CT molecular complexity index is 560. The lowest BCUT2D eigenvalue weighted by molar-refractivity contribution is -0.210. The molecule has 1 aromatic carbocycles. The van der Waals surface area contributed by atoms with Crippen molar-refractivity contribution in [1.82, 2.24) is 5.32 Å². The van der Waals surface area contributed by atoms with Crippen LogP contribution in [0.15, 0.2) is 30.3 Å². The van der Waals surface area contributed by atoms with Crippen LogP contribution in [0.3, 0.4) is 0 Å². The van der Waals surface area contributed by atoms with E-state index in [0.717, 1.165) is 19.4 Å². The third-order valence-corrected chi connectivity index (χ3v) is 6.77. The van der Waals surface area contributed by atoms with Gasteiger partial charge < -0.3 is 10.4 Å². The number of aliphatic carboxylic acids is 1. The van der Waals surface area contributed by atoms with E-state index in [-0.39, 0.29) is 35.2 Å². The molecule has 0 aliphatic heterocycles. The van der Waals surface area contributed by atoms with Gasteiger partial charge in [-0.3, -0.25) is 4.79 Å². The van der Waals surface area contributed by atoms with Gasteiger partial charge in [0.15, 0.2) is 0 Å². The lowest BCUT2D eigenvalue weighted by Gasteiger charge is -2.70. The van der Waals surface area contributed by atoms with Crippen molar-refractivity contribution >= 4 is 18.4 Å². The fourth-order valence-electron chi connectivity index (χ4n) is 5.19. The quantitative estimate of drug-likeness (QED) is 0.850. The highest BCUT2D eigenvalue weighted by Gasteiger charge is 2.68. The van der Waals surface area contributed by atoms with Gasteiger partial charge in [-0.2, -0.15) is 0 Å². The summed E-state index contributed by atoms with van der Waals surface area (Å²) in [5, 5.41) is 13.3. The average molecular weight is 338 g/mol. The maximum absolute atomic E-state index is 11.8. The fourth-order valence-corrected chi connectivity index (χ4v) is 5.19. The standard InChI is InChI=1S/C19H27NO2.ClH/c1-4-19-11-14(18(19,2)3)10-15(17(21)22)16(19)20-12-13-8-6-5-7-9-13;/h5-9,14-16,20H,4,10-12H2,1-3H3,(H,21,22);1H/t14-,15-,16-,19+;/m1./s1. The van der Waals surface area contributed by atoms with Crippen molar-refractivity contribution in [3.8, 4) is 0 Å². The monoisotopic (exact) mass is 337 g/mol. The number of halogens is 1. The van der Waals surface area contributed by atoms with E-state index in [0.29, 0.717) is 5.92 Å². The summed E-state index contributed by atoms with van der Waals surface area (Å²) in [6.45, 7) is 7.64. The van der Waals surface area contributed by atoms with Gasteiger partial charge in [-0.25, -0.2) is 0 Å². The van der Waals surface area contributed by atoms with Crippen LogP contribution in [0.25, 0.3) is 0 Å². The molecule has 0 amide bonds. The van der Waals surface area contributed by atoms with E-state index in [1.165, 1.54) is 12.0 Å². The van der Waals surface area contributed by atoms with Crippen LogP contribution in [0.4, 0.5) is 0 Å². The Kier molecular flexibility index (Phi) is 5.12. The van der Waals surface area contributed by atoms with E-state index < -0.39 is 5.97 Å². The second kappa shape index (κ2) is 6.45. The van der Waals surface area contributed by atoms with Gasteiger partial charge >= 0.3 is 5.97 Å². The minimum absolute atomic E-state index is 0. The second-order valence-electron chi connectivity index (χ2n) is 7.66. The highest BCUT2D eigenvalue weighted by Crippen LogP contribution is 2.70. The van der Waals surface area contributed by atoms with Gasteiger partial charge in [-0.05, 0) is 41.6 Å². The number of carboxylic acids is 1. The Labute approximate surface area is 145 Å². The maximum Gasteiger partial charge on any atom is 0.308 e. The van der Waals surface area contributed by atoms with Gasteiger partial charge in [0.05, 0.1) is 5.92 Å². The third-order valence-electron chi connectivity index (χ3n) is 6.77. The first-order valence-corrected chi connectivity index (χ1v) is 8.42. The number of fused-ring (bicyclic) bond motifs is 2. The molecular formula is C19H28ClNO2. The number of carboxylic acid groups (broad SMARTS) is 1. The molecule has 4 heteroatoms. The normalized spacial score (nSPS) is 34.1. The van der Waals surface area contributed by atoms with Gasteiger partial charge in [0, 0.05) is 12.6 Å². The van der Waals surface area contributed by atoms with Crippen LogP contribution < -0.4 is 5.32 Å². The Balaban J connectivity index is 0.00000192. The lowest BCUT2D eigenvalue weighted by Crippen LogP contribution is -2.71. The molecule has 3 aliphatic carbocycles.